The average Bonchev–Trinajstić information content (AvgIpc) is 2.89. The van der Waals surface area contributed by atoms with Crippen molar-refractivity contribution in [2.75, 3.05) is 5.32 Å². The van der Waals surface area contributed by atoms with Crippen LogP contribution in [0.1, 0.15) is 12.7 Å². The van der Waals surface area contributed by atoms with Crippen molar-refractivity contribution in [2.24, 2.45) is 0 Å². The lowest BCUT2D eigenvalue weighted by Crippen LogP contribution is -2.22. The van der Waals surface area contributed by atoms with Gasteiger partial charge in [0.25, 0.3) is 0 Å². The molecule has 0 aliphatic rings. The van der Waals surface area contributed by atoms with Crippen LogP contribution in [0.3, 0.4) is 0 Å². The molecule has 0 unspecified atom stereocenters. The fourth-order valence-corrected chi connectivity index (χ4v) is 2.47. The lowest BCUT2D eigenvalue weighted by molar-refractivity contribution is -0.115. The van der Waals surface area contributed by atoms with Gasteiger partial charge in [0.2, 0.25) is 5.91 Å². The molecule has 0 saturated carbocycles. The summed E-state index contributed by atoms with van der Waals surface area (Å²) in [6, 6.07) is 10.9. The van der Waals surface area contributed by atoms with E-state index in [0.29, 0.717) is 16.5 Å². The summed E-state index contributed by atoms with van der Waals surface area (Å²) in [4.78, 5) is 12.0. The highest BCUT2D eigenvalue weighted by atomic mass is 35.5. The number of halogens is 1. The summed E-state index contributed by atoms with van der Waals surface area (Å²) in [6.07, 6.45) is 1.63. The number of carbonyl (C=O) groups excluding carboxylic acids is 1. The number of nitrogens with one attached hydrogen (secondary N) is 1. The van der Waals surface area contributed by atoms with Gasteiger partial charge in [-0.05, 0) is 37.3 Å². The number of amides is 1. The molecule has 0 radical (unpaired) electrons. The number of furan rings is 1. The highest BCUT2D eigenvalue weighted by Gasteiger charge is 2.14. The van der Waals surface area contributed by atoms with Crippen LogP contribution in [0.4, 0.5) is 5.69 Å². The predicted octanol–water partition coefficient (Wildman–Crippen LogP) is 4.19. The average molecular weight is 296 g/mol. The van der Waals surface area contributed by atoms with Crippen LogP contribution in [-0.2, 0) is 10.5 Å². The molecule has 0 aliphatic heterocycles. The Labute approximate surface area is 121 Å². The molecule has 1 heterocycles. The van der Waals surface area contributed by atoms with Gasteiger partial charge in [0.05, 0.1) is 17.3 Å². The van der Waals surface area contributed by atoms with Gasteiger partial charge in [0.15, 0.2) is 0 Å². The van der Waals surface area contributed by atoms with Crippen molar-refractivity contribution in [3.63, 3.8) is 0 Å². The largest absolute Gasteiger partial charge is 0.468 e. The fourth-order valence-electron chi connectivity index (χ4n) is 1.49. The van der Waals surface area contributed by atoms with Crippen LogP contribution in [0.25, 0.3) is 0 Å². The normalized spacial score (nSPS) is 12.1. The maximum absolute atomic E-state index is 12.0. The minimum atomic E-state index is -0.163. The molecule has 3 nitrogen and oxygen atoms in total. The highest BCUT2D eigenvalue weighted by Crippen LogP contribution is 2.20. The second-order valence-electron chi connectivity index (χ2n) is 4.03. The standard InChI is InChI=1S/C14H14ClNO2S/c1-10(19-9-13-6-3-7-18-13)14(17)16-12-5-2-4-11(15)8-12/h2-8,10H,9H2,1H3,(H,16,17)/t10-/m0/s1. The molecule has 19 heavy (non-hydrogen) atoms. The van der Waals surface area contributed by atoms with Crippen LogP contribution in [-0.4, -0.2) is 11.2 Å². The van der Waals surface area contributed by atoms with E-state index >= 15 is 0 Å². The second kappa shape index (κ2) is 6.68. The first kappa shape index (κ1) is 14.0. The molecular formula is C14H14ClNO2S. The van der Waals surface area contributed by atoms with Crippen molar-refractivity contribution in [3.8, 4) is 0 Å². The van der Waals surface area contributed by atoms with Gasteiger partial charge in [0, 0.05) is 10.7 Å². The van der Waals surface area contributed by atoms with Gasteiger partial charge in [-0.2, -0.15) is 0 Å². The van der Waals surface area contributed by atoms with E-state index in [1.807, 2.05) is 25.1 Å². The summed E-state index contributed by atoms with van der Waals surface area (Å²) in [5, 5.41) is 3.28. The molecule has 2 aromatic rings. The summed E-state index contributed by atoms with van der Waals surface area (Å²) in [5.41, 5.74) is 0.711. The topological polar surface area (TPSA) is 42.2 Å². The third kappa shape index (κ3) is 4.33. The Kier molecular flexibility index (Phi) is 4.93. The molecule has 0 fully saturated rings. The molecule has 0 saturated heterocycles. The Morgan fingerprint density at radius 2 is 2.26 bits per heavy atom. The smallest absolute Gasteiger partial charge is 0.237 e. The van der Waals surface area contributed by atoms with E-state index in [4.69, 9.17) is 16.0 Å². The van der Waals surface area contributed by atoms with E-state index in [-0.39, 0.29) is 11.2 Å². The lowest BCUT2D eigenvalue weighted by Gasteiger charge is -2.11. The van der Waals surface area contributed by atoms with Gasteiger partial charge in [-0.3, -0.25) is 4.79 Å². The maximum Gasteiger partial charge on any atom is 0.237 e. The number of anilines is 1. The molecule has 1 atom stereocenters. The molecule has 100 valence electrons. The predicted molar refractivity (Wildman–Crippen MR) is 79.5 cm³/mol. The molecule has 5 heteroatoms. The van der Waals surface area contributed by atoms with Crippen molar-refractivity contribution in [1.29, 1.82) is 0 Å². The monoisotopic (exact) mass is 295 g/mol. The van der Waals surface area contributed by atoms with Gasteiger partial charge < -0.3 is 9.73 Å². The first-order valence-electron chi connectivity index (χ1n) is 5.85. The number of rotatable bonds is 5. The van der Waals surface area contributed by atoms with Crippen LogP contribution >= 0.6 is 23.4 Å². The highest BCUT2D eigenvalue weighted by molar-refractivity contribution is 7.99. The second-order valence-corrected chi connectivity index (χ2v) is 5.80. The van der Waals surface area contributed by atoms with Crippen molar-refractivity contribution >= 4 is 35.0 Å². The van der Waals surface area contributed by atoms with Gasteiger partial charge in [0.1, 0.15) is 5.76 Å². The van der Waals surface area contributed by atoms with E-state index in [9.17, 15) is 4.79 Å². The number of hydrogen-bond donors (Lipinski definition) is 1. The zero-order valence-corrected chi connectivity index (χ0v) is 12.0. The van der Waals surface area contributed by atoms with E-state index in [2.05, 4.69) is 5.32 Å². The van der Waals surface area contributed by atoms with Gasteiger partial charge in [-0.25, -0.2) is 0 Å². The Morgan fingerprint density at radius 3 is 2.95 bits per heavy atom. The van der Waals surface area contributed by atoms with Gasteiger partial charge >= 0.3 is 0 Å². The Balaban J connectivity index is 1.85. The third-order valence-electron chi connectivity index (χ3n) is 2.52. The fraction of sp³-hybridized carbons (Fsp3) is 0.214. The van der Waals surface area contributed by atoms with Crippen molar-refractivity contribution in [3.05, 3.63) is 53.4 Å². The molecule has 0 spiro atoms. The van der Waals surface area contributed by atoms with Crippen LogP contribution in [0.2, 0.25) is 5.02 Å². The SMILES string of the molecule is C[C@H](SCc1ccco1)C(=O)Nc1cccc(Cl)c1. The van der Waals surface area contributed by atoms with Crippen molar-refractivity contribution in [1.82, 2.24) is 0 Å². The summed E-state index contributed by atoms with van der Waals surface area (Å²) < 4.78 is 5.23. The molecule has 1 N–H and O–H groups in total. The molecule has 1 amide bonds. The zero-order chi connectivity index (χ0) is 13.7. The number of thioether (sulfide) groups is 1. The number of hydrogen-bond acceptors (Lipinski definition) is 3. The molecule has 1 aromatic heterocycles. The maximum atomic E-state index is 12.0. The van der Waals surface area contributed by atoms with E-state index in [1.54, 1.807) is 24.5 Å². The summed E-state index contributed by atoms with van der Waals surface area (Å²) >= 11 is 7.39. The Morgan fingerprint density at radius 1 is 1.42 bits per heavy atom. The molecular weight excluding hydrogens is 282 g/mol. The van der Waals surface area contributed by atoms with Crippen LogP contribution in [0.5, 0.6) is 0 Å². The Bertz CT molecular complexity index is 542. The van der Waals surface area contributed by atoms with Gasteiger partial charge in [-0.15, -0.1) is 11.8 Å². The number of benzene rings is 1. The first-order valence-corrected chi connectivity index (χ1v) is 7.28. The van der Waals surface area contributed by atoms with Crippen LogP contribution in [0, 0.1) is 0 Å². The molecule has 1 aromatic carbocycles. The van der Waals surface area contributed by atoms with Gasteiger partial charge in [-0.1, -0.05) is 17.7 Å². The molecule has 0 bridgehead atoms. The molecule has 0 aliphatic carbocycles. The molecule has 2 rings (SSSR count). The van der Waals surface area contributed by atoms with E-state index < -0.39 is 0 Å². The zero-order valence-electron chi connectivity index (χ0n) is 10.4. The quantitative estimate of drug-likeness (QED) is 0.899. The summed E-state index contributed by atoms with van der Waals surface area (Å²) in [5.74, 6) is 1.50. The van der Waals surface area contributed by atoms with Crippen LogP contribution < -0.4 is 5.32 Å². The summed E-state index contributed by atoms with van der Waals surface area (Å²) in [6.45, 7) is 1.87. The minimum Gasteiger partial charge on any atom is -0.468 e. The van der Waals surface area contributed by atoms with Crippen LogP contribution in [0.15, 0.2) is 47.1 Å². The summed E-state index contributed by atoms with van der Waals surface area (Å²) in [7, 11) is 0. The van der Waals surface area contributed by atoms with E-state index in [0.717, 1.165) is 5.76 Å². The third-order valence-corrected chi connectivity index (χ3v) is 3.92. The Hall–Kier alpha value is -1.39. The van der Waals surface area contributed by atoms with E-state index in [1.165, 1.54) is 11.8 Å². The lowest BCUT2D eigenvalue weighted by atomic mass is 10.3. The minimum absolute atomic E-state index is 0.0428. The number of carbonyl (C=O) groups is 1. The first-order chi connectivity index (χ1) is 9.15. The van der Waals surface area contributed by atoms with Crippen molar-refractivity contribution in [2.45, 2.75) is 17.9 Å². The van der Waals surface area contributed by atoms with Crippen molar-refractivity contribution < 1.29 is 9.21 Å².